The molecule has 2 aromatic rings. The Kier molecular flexibility index (Phi) is 5.31. The molecular weight excluding hydrogens is 278 g/mol. The predicted molar refractivity (Wildman–Crippen MR) is 85.9 cm³/mol. The van der Waals surface area contributed by atoms with Crippen LogP contribution in [0.15, 0.2) is 54.6 Å². The molecule has 2 rings (SSSR count). The van der Waals surface area contributed by atoms with Crippen LogP contribution >= 0.6 is 0 Å². The third kappa shape index (κ3) is 3.95. The van der Waals surface area contributed by atoms with Crippen molar-refractivity contribution in [3.8, 4) is 0 Å². The molecule has 0 aliphatic carbocycles. The van der Waals surface area contributed by atoms with E-state index >= 15 is 0 Å². The summed E-state index contributed by atoms with van der Waals surface area (Å²) in [5, 5.41) is 0. The Labute approximate surface area is 130 Å². The van der Waals surface area contributed by atoms with Gasteiger partial charge in [0.1, 0.15) is 0 Å². The van der Waals surface area contributed by atoms with Gasteiger partial charge < -0.3 is 9.64 Å². The number of carbonyl (C=O) groups excluding carboxylic acids is 2. The van der Waals surface area contributed by atoms with Crippen LogP contribution in [0.25, 0.3) is 0 Å². The maximum Gasteiger partial charge on any atom is 0.338 e. The highest BCUT2D eigenvalue weighted by Crippen LogP contribution is 2.13. The van der Waals surface area contributed by atoms with E-state index in [0.29, 0.717) is 12.1 Å². The van der Waals surface area contributed by atoms with Gasteiger partial charge in [-0.05, 0) is 38.1 Å². The molecule has 0 N–H and O–H groups in total. The van der Waals surface area contributed by atoms with Crippen molar-refractivity contribution in [2.24, 2.45) is 0 Å². The number of likely N-dealkylation sites (N-methyl/N-ethyl adjacent to an activating group) is 1. The van der Waals surface area contributed by atoms with Crippen LogP contribution in [0, 0.1) is 6.92 Å². The number of hydrogen-bond donors (Lipinski definition) is 0. The fourth-order valence-corrected chi connectivity index (χ4v) is 2.09. The fourth-order valence-electron chi connectivity index (χ4n) is 2.09. The Morgan fingerprint density at radius 2 is 1.64 bits per heavy atom. The first-order valence-electron chi connectivity index (χ1n) is 7.21. The molecule has 0 unspecified atom stereocenters. The molecule has 0 saturated carbocycles. The molecule has 0 saturated heterocycles. The van der Waals surface area contributed by atoms with Crippen molar-refractivity contribution in [1.29, 1.82) is 0 Å². The standard InChI is InChI=1S/C18H19NO3/c1-3-19(16-7-5-4-6-8-16)17(20)13-22-18(21)15-11-9-14(2)10-12-15/h4-12H,3,13H2,1-2H3. The number of anilines is 1. The number of carbonyl (C=O) groups is 2. The Hall–Kier alpha value is -2.62. The monoisotopic (exact) mass is 297 g/mol. The van der Waals surface area contributed by atoms with Gasteiger partial charge in [-0.1, -0.05) is 35.9 Å². The third-order valence-electron chi connectivity index (χ3n) is 3.30. The van der Waals surface area contributed by atoms with Crippen LogP contribution in [-0.4, -0.2) is 25.0 Å². The smallest absolute Gasteiger partial charge is 0.338 e. The number of nitrogens with zero attached hydrogens (tertiary/aromatic N) is 1. The summed E-state index contributed by atoms with van der Waals surface area (Å²) in [6, 6.07) is 16.4. The number of amides is 1. The second-order valence-electron chi connectivity index (χ2n) is 4.92. The number of ether oxygens (including phenoxy) is 1. The predicted octanol–water partition coefficient (Wildman–Crippen LogP) is 3.20. The van der Waals surface area contributed by atoms with Crippen molar-refractivity contribution >= 4 is 17.6 Å². The number of aryl methyl sites for hydroxylation is 1. The van der Waals surface area contributed by atoms with Crippen molar-refractivity contribution in [2.45, 2.75) is 13.8 Å². The summed E-state index contributed by atoms with van der Waals surface area (Å²) in [4.78, 5) is 25.7. The van der Waals surface area contributed by atoms with Gasteiger partial charge >= 0.3 is 5.97 Å². The summed E-state index contributed by atoms with van der Waals surface area (Å²) in [6.45, 7) is 4.07. The highest BCUT2D eigenvalue weighted by molar-refractivity contribution is 5.97. The van der Waals surface area contributed by atoms with E-state index in [0.717, 1.165) is 11.3 Å². The average molecular weight is 297 g/mol. The zero-order chi connectivity index (χ0) is 15.9. The van der Waals surface area contributed by atoms with Crippen LogP contribution in [0.4, 0.5) is 5.69 Å². The van der Waals surface area contributed by atoms with Gasteiger partial charge in [0, 0.05) is 12.2 Å². The van der Waals surface area contributed by atoms with Gasteiger partial charge in [0.2, 0.25) is 0 Å². The summed E-state index contributed by atoms with van der Waals surface area (Å²) >= 11 is 0. The zero-order valence-corrected chi connectivity index (χ0v) is 12.8. The zero-order valence-electron chi connectivity index (χ0n) is 12.8. The van der Waals surface area contributed by atoms with E-state index in [2.05, 4.69) is 0 Å². The quantitative estimate of drug-likeness (QED) is 0.796. The van der Waals surface area contributed by atoms with E-state index in [4.69, 9.17) is 4.74 Å². The molecule has 0 fully saturated rings. The van der Waals surface area contributed by atoms with E-state index in [9.17, 15) is 9.59 Å². The van der Waals surface area contributed by atoms with Crippen LogP contribution in [-0.2, 0) is 9.53 Å². The van der Waals surface area contributed by atoms with Gasteiger partial charge in [-0.15, -0.1) is 0 Å². The van der Waals surface area contributed by atoms with Crippen LogP contribution in [0.2, 0.25) is 0 Å². The first-order valence-corrected chi connectivity index (χ1v) is 7.21. The van der Waals surface area contributed by atoms with Gasteiger partial charge in [-0.25, -0.2) is 4.79 Å². The SMILES string of the molecule is CCN(C(=O)COC(=O)c1ccc(C)cc1)c1ccccc1. The molecule has 0 aromatic heterocycles. The van der Waals surface area contributed by atoms with E-state index in [1.807, 2.05) is 56.3 Å². The molecular formula is C18H19NO3. The summed E-state index contributed by atoms with van der Waals surface area (Å²) in [7, 11) is 0. The molecule has 4 heteroatoms. The highest BCUT2D eigenvalue weighted by atomic mass is 16.5. The van der Waals surface area contributed by atoms with Gasteiger partial charge in [0.15, 0.2) is 6.61 Å². The van der Waals surface area contributed by atoms with Crippen molar-refractivity contribution in [1.82, 2.24) is 0 Å². The number of benzene rings is 2. The second-order valence-corrected chi connectivity index (χ2v) is 4.92. The van der Waals surface area contributed by atoms with Gasteiger partial charge in [0.05, 0.1) is 5.56 Å². The molecule has 0 radical (unpaired) electrons. The lowest BCUT2D eigenvalue weighted by molar-refractivity contribution is -0.121. The lowest BCUT2D eigenvalue weighted by Gasteiger charge is -2.20. The molecule has 0 spiro atoms. The van der Waals surface area contributed by atoms with E-state index in [1.54, 1.807) is 17.0 Å². The molecule has 22 heavy (non-hydrogen) atoms. The normalized spacial score (nSPS) is 10.1. The Bertz CT molecular complexity index is 635. The van der Waals surface area contributed by atoms with Gasteiger partial charge in [0.25, 0.3) is 5.91 Å². The average Bonchev–Trinajstić information content (AvgIpc) is 2.55. The summed E-state index contributed by atoms with van der Waals surface area (Å²) in [5.41, 5.74) is 2.30. The van der Waals surface area contributed by atoms with Crippen LogP contribution in [0.3, 0.4) is 0 Å². The number of hydrogen-bond acceptors (Lipinski definition) is 3. The molecule has 2 aromatic carbocycles. The maximum atomic E-state index is 12.2. The minimum atomic E-state index is -0.488. The molecule has 0 aliphatic heterocycles. The molecule has 114 valence electrons. The van der Waals surface area contributed by atoms with Crippen molar-refractivity contribution in [3.63, 3.8) is 0 Å². The Morgan fingerprint density at radius 3 is 2.23 bits per heavy atom. The van der Waals surface area contributed by atoms with E-state index in [-0.39, 0.29) is 12.5 Å². The highest BCUT2D eigenvalue weighted by Gasteiger charge is 2.16. The summed E-state index contributed by atoms with van der Waals surface area (Å²) in [6.07, 6.45) is 0. The molecule has 4 nitrogen and oxygen atoms in total. The van der Waals surface area contributed by atoms with Gasteiger partial charge in [-0.2, -0.15) is 0 Å². The lowest BCUT2D eigenvalue weighted by Crippen LogP contribution is -2.34. The van der Waals surface area contributed by atoms with Crippen LogP contribution in [0.5, 0.6) is 0 Å². The summed E-state index contributed by atoms with van der Waals surface area (Å²) < 4.78 is 5.10. The Morgan fingerprint density at radius 1 is 1.00 bits per heavy atom. The largest absolute Gasteiger partial charge is 0.452 e. The first kappa shape index (κ1) is 15.8. The summed E-state index contributed by atoms with van der Waals surface area (Å²) in [5.74, 6) is -0.730. The maximum absolute atomic E-state index is 12.2. The molecule has 0 heterocycles. The van der Waals surface area contributed by atoms with Gasteiger partial charge in [-0.3, -0.25) is 4.79 Å². The van der Waals surface area contributed by atoms with Crippen molar-refractivity contribution in [3.05, 3.63) is 65.7 Å². The topological polar surface area (TPSA) is 46.6 Å². The molecule has 0 aliphatic rings. The number of para-hydroxylation sites is 1. The van der Waals surface area contributed by atoms with E-state index < -0.39 is 5.97 Å². The van der Waals surface area contributed by atoms with Crippen molar-refractivity contribution in [2.75, 3.05) is 18.1 Å². The van der Waals surface area contributed by atoms with Crippen molar-refractivity contribution < 1.29 is 14.3 Å². The molecule has 0 atom stereocenters. The molecule has 1 amide bonds. The van der Waals surface area contributed by atoms with Crippen LogP contribution < -0.4 is 4.90 Å². The van der Waals surface area contributed by atoms with Crippen LogP contribution in [0.1, 0.15) is 22.8 Å². The lowest BCUT2D eigenvalue weighted by atomic mass is 10.1. The van der Waals surface area contributed by atoms with E-state index in [1.165, 1.54) is 0 Å². The minimum absolute atomic E-state index is 0.242. The molecule has 0 bridgehead atoms. The first-order chi connectivity index (χ1) is 10.6. The Balaban J connectivity index is 1.96. The second kappa shape index (κ2) is 7.41. The fraction of sp³-hybridized carbons (Fsp3) is 0.222. The minimum Gasteiger partial charge on any atom is -0.452 e. The number of rotatable bonds is 5. The number of esters is 1. The third-order valence-corrected chi connectivity index (χ3v) is 3.30.